The number of halogens is 1. The van der Waals surface area contributed by atoms with Crippen LogP contribution in [0.15, 0.2) is 47.3 Å². The lowest BCUT2D eigenvalue weighted by Crippen LogP contribution is -2.37. The first-order valence-corrected chi connectivity index (χ1v) is 9.70. The number of nitriles is 1. The molecule has 1 N–H and O–H groups in total. The van der Waals surface area contributed by atoms with Crippen LogP contribution in [0.1, 0.15) is 45.1 Å². The van der Waals surface area contributed by atoms with Gasteiger partial charge in [0, 0.05) is 0 Å². The van der Waals surface area contributed by atoms with E-state index >= 15 is 0 Å². The normalized spacial score (nSPS) is 12.3. The fourth-order valence-electron chi connectivity index (χ4n) is 3.01. The minimum atomic E-state index is -0.672. The number of aromatic nitrogens is 2. The molecule has 0 aliphatic carbocycles. The summed E-state index contributed by atoms with van der Waals surface area (Å²) in [7, 11) is 0. The van der Waals surface area contributed by atoms with Gasteiger partial charge in [-0.1, -0.05) is 23.7 Å². The Labute approximate surface area is 178 Å². The molecule has 7 nitrogen and oxygen atoms in total. The van der Waals surface area contributed by atoms with Crippen molar-refractivity contribution in [2.45, 2.75) is 39.3 Å². The summed E-state index contributed by atoms with van der Waals surface area (Å²) >= 11 is 6.27. The van der Waals surface area contributed by atoms with Gasteiger partial charge in [-0.25, -0.2) is 9.78 Å². The van der Waals surface area contributed by atoms with Crippen LogP contribution in [0.3, 0.4) is 0 Å². The van der Waals surface area contributed by atoms with Crippen LogP contribution >= 0.6 is 11.6 Å². The molecule has 0 saturated heterocycles. The van der Waals surface area contributed by atoms with Gasteiger partial charge in [-0.3, -0.25) is 9.36 Å². The van der Waals surface area contributed by atoms with Crippen LogP contribution in [-0.4, -0.2) is 21.2 Å². The highest BCUT2D eigenvalue weighted by atomic mass is 35.5. The zero-order valence-corrected chi connectivity index (χ0v) is 17.8. The third-order valence-corrected chi connectivity index (χ3v) is 4.54. The predicted molar refractivity (Wildman–Crippen MR) is 115 cm³/mol. The summed E-state index contributed by atoms with van der Waals surface area (Å²) in [5.74, 6) is 0.288. The monoisotopic (exact) mass is 424 g/mol. The lowest BCUT2D eigenvalue weighted by Gasteiger charge is -2.23. The number of alkyl carbamates (subject to hydrolysis) is 1. The highest BCUT2D eigenvalue weighted by Gasteiger charge is 2.23. The standard InChI is InChI=1S/C22H21ClN4O3/c1-13(25-21(29)30-22(2,3)4)19-26-17-10-6-9-16(23)18(17)20(28)27(19)15-8-5-7-14(11-15)12-24/h5-11,13H,1-4H3,(H,25,29). The average Bonchev–Trinajstić information content (AvgIpc) is 2.66. The van der Waals surface area contributed by atoms with Crippen molar-refractivity contribution in [1.82, 2.24) is 14.9 Å². The molecule has 0 aliphatic heterocycles. The molecule has 3 rings (SSSR count). The minimum Gasteiger partial charge on any atom is -0.444 e. The van der Waals surface area contributed by atoms with Gasteiger partial charge in [0.2, 0.25) is 0 Å². The molecule has 1 aromatic heterocycles. The Morgan fingerprint density at radius 1 is 1.27 bits per heavy atom. The third kappa shape index (κ3) is 4.44. The lowest BCUT2D eigenvalue weighted by molar-refractivity contribution is 0.0505. The molecule has 3 aromatic rings. The van der Waals surface area contributed by atoms with E-state index in [4.69, 9.17) is 16.3 Å². The predicted octanol–water partition coefficient (Wildman–Crippen LogP) is 4.50. The molecule has 0 radical (unpaired) electrons. The lowest BCUT2D eigenvalue weighted by atomic mass is 10.1. The molecule has 0 spiro atoms. The summed E-state index contributed by atoms with van der Waals surface area (Å²) in [5.41, 5.74) is 0.176. The van der Waals surface area contributed by atoms with E-state index in [9.17, 15) is 14.9 Å². The Bertz CT molecular complexity index is 1220. The molecule has 1 amide bonds. The van der Waals surface area contributed by atoms with Crippen molar-refractivity contribution in [3.8, 4) is 11.8 Å². The topological polar surface area (TPSA) is 97.0 Å². The van der Waals surface area contributed by atoms with Gasteiger partial charge in [0.1, 0.15) is 11.4 Å². The highest BCUT2D eigenvalue weighted by Crippen LogP contribution is 2.23. The van der Waals surface area contributed by atoms with E-state index in [1.54, 1.807) is 70.2 Å². The second-order valence-electron chi connectivity index (χ2n) is 7.77. The zero-order valence-electron chi connectivity index (χ0n) is 17.1. The van der Waals surface area contributed by atoms with Gasteiger partial charge in [-0.05, 0) is 58.0 Å². The summed E-state index contributed by atoms with van der Waals surface area (Å²) in [6.07, 6.45) is -0.632. The van der Waals surface area contributed by atoms with Crippen LogP contribution in [0, 0.1) is 11.3 Å². The maximum atomic E-state index is 13.4. The van der Waals surface area contributed by atoms with Crippen LogP contribution in [0.2, 0.25) is 5.02 Å². The maximum absolute atomic E-state index is 13.4. The summed E-state index contributed by atoms with van der Waals surface area (Å²) in [4.78, 5) is 30.3. The van der Waals surface area contributed by atoms with Gasteiger partial charge in [0.25, 0.3) is 5.56 Å². The molecule has 30 heavy (non-hydrogen) atoms. The van der Waals surface area contributed by atoms with Crippen molar-refractivity contribution >= 4 is 28.6 Å². The number of amides is 1. The molecule has 0 bridgehead atoms. The Morgan fingerprint density at radius 2 is 1.97 bits per heavy atom. The smallest absolute Gasteiger partial charge is 0.408 e. The number of benzene rings is 2. The molecule has 0 fully saturated rings. The molecule has 1 unspecified atom stereocenters. The fraction of sp³-hybridized carbons (Fsp3) is 0.273. The van der Waals surface area contributed by atoms with E-state index in [0.717, 1.165) is 0 Å². The van der Waals surface area contributed by atoms with Gasteiger partial charge in [-0.2, -0.15) is 5.26 Å². The van der Waals surface area contributed by atoms with Crippen LogP contribution in [0.5, 0.6) is 0 Å². The van der Waals surface area contributed by atoms with Gasteiger partial charge >= 0.3 is 6.09 Å². The summed E-state index contributed by atoms with van der Waals surface area (Å²) in [6, 6.07) is 13.0. The second-order valence-corrected chi connectivity index (χ2v) is 8.18. The molecule has 1 heterocycles. The van der Waals surface area contributed by atoms with Crippen LogP contribution < -0.4 is 10.9 Å². The zero-order chi connectivity index (χ0) is 22.1. The van der Waals surface area contributed by atoms with Crippen molar-refractivity contribution < 1.29 is 9.53 Å². The first-order chi connectivity index (χ1) is 14.1. The number of nitrogens with zero attached hydrogens (tertiary/aromatic N) is 3. The van der Waals surface area contributed by atoms with E-state index in [0.29, 0.717) is 16.8 Å². The molecule has 0 saturated carbocycles. The Hall–Kier alpha value is -3.37. The summed E-state index contributed by atoms with van der Waals surface area (Å²) < 4.78 is 6.68. The Morgan fingerprint density at radius 3 is 2.63 bits per heavy atom. The quantitative estimate of drug-likeness (QED) is 0.667. The summed E-state index contributed by atoms with van der Waals surface area (Å²) in [5, 5.41) is 12.5. The molecule has 2 aromatic carbocycles. The first-order valence-electron chi connectivity index (χ1n) is 9.32. The second kappa shape index (κ2) is 8.17. The maximum Gasteiger partial charge on any atom is 0.408 e. The van der Waals surface area contributed by atoms with Gasteiger partial charge in [0.15, 0.2) is 0 Å². The molecular weight excluding hydrogens is 404 g/mol. The number of nitrogens with one attached hydrogen (secondary N) is 1. The van der Waals surface area contributed by atoms with Gasteiger partial charge in [-0.15, -0.1) is 0 Å². The number of hydrogen-bond acceptors (Lipinski definition) is 5. The van der Waals surface area contributed by atoms with Crippen molar-refractivity contribution in [2.24, 2.45) is 0 Å². The van der Waals surface area contributed by atoms with Gasteiger partial charge in [0.05, 0.1) is 39.3 Å². The number of fused-ring (bicyclic) bond motifs is 1. The first kappa shape index (κ1) is 21.3. The van der Waals surface area contributed by atoms with Crippen molar-refractivity contribution in [2.75, 3.05) is 0 Å². The van der Waals surface area contributed by atoms with E-state index in [1.165, 1.54) is 4.57 Å². The van der Waals surface area contributed by atoms with E-state index in [2.05, 4.69) is 16.4 Å². The minimum absolute atomic E-state index is 0.259. The van der Waals surface area contributed by atoms with E-state index in [1.807, 2.05) is 0 Å². The Kier molecular flexibility index (Phi) is 5.81. The van der Waals surface area contributed by atoms with Crippen molar-refractivity contribution in [3.63, 3.8) is 0 Å². The SMILES string of the molecule is CC(NC(=O)OC(C)(C)C)c1nc2cccc(Cl)c2c(=O)n1-c1cccc(C#N)c1. The Balaban J connectivity index is 2.20. The van der Waals surface area contributed by atoms with Crippen LogP contribution in [0.25, 0.3) is 16.6 Å². The largest absolute Gasteiger partial charge is 0.444 e. The third-order valence-electron chi connectivity index (χ3n) is 4.23. The van der Waals surface area contributed by atoms with Gasteiger partial charge < -0.3 is 10.1 Å². The number of ether oxygens (including phenoxy) is 1. The fourth-order valence-corrected chi connectivity index (χ4v) is 3.26. The molecule has 1 atom stereocenters. The number of rotatable bonds is 3. The van der Waals surface area contributed by atoms with E-state index in [-0.39, 0.29) is 16.2 Å². The average molecular weight is 425 g/mol. The van der Waals surface area contributed by atoms with Crippen molar-refractivity contribution in [1.29, 1.82) is 5.26 Å². The number of hydrogen-bond donors (Lipinski definition) is 1. The van der Waals surface area contributed by atoms with Crippen molar-refractivity contribution in [3.05, 3.63) is 69.2 Å². The molecule has 154 valence electrons. The highest BCUT2D eigenvalue weighted by molar-refractivity contribution is 6.35. The number of carbonyl (C=O) groups excluding carboxylic acids is 1. The van der Waals surface area contributed by atoms with Crippen LogP contribution in [-0.2, 0) is 4.74 Å². The van der Waals surface area contributed by atoms with E-state index < -0.39 is 23.3 Å². The molecular formula is C22H21ClN4O3. The summed E-state index contributed by atoms with van der Waals surface area (Å²) in [6.45, 7) is 6.98. The molecule has 8 heteroatoms. The van der Waals surface area contributed by atoms with Crippen LogP contribution in [0.4, 0.5) is 4.79 Å². The molecule has 0 aliphatic rings. The number of carbonyl (C=O) groups is 1.